The fraction of sp³-hybridized carbons (Fsp3) is 0.231. The minimum Gasteiger partial charge on any atom is -0.496 e. The molecule has 0 aliphatic heterocycles. The summed E-state index contributed by atoms with van der Waals surface area (Å²) in [5.74, 6) is 0.849. The van der Waals surface area contributed by atoms with E-state index in [-0.39, 0.29) is 4.83 Å². The van der Waals surface area contributed by atoms with Crippen molar-refractivity contribution in [2.45, 2.75) is 11.8 Å². The van der Waals surface area contributed by atoms with Gasteiger partial charge in [-0.1, -0.05) is 22.0 Å². The topological polar surface area (TPSA) is 9.23 Å². The zero-order valence-corrected chi connectivity index (χ0v) is 15.4. The van der Waals surface area contributed by atoms with Crippen LogP contribution in [0, 0.1) is 6.92 Å². The van der Waals surface area contributed by atoms with Gasteiger partial charge in [-0.05, 0) is 62.5 Å². The number of hydrogen-bond acceptors (Lipinski definition) is 2. The maximum atomic E-state index is 5.24. The minimum atomic E-state index is 0.203. The van der Waals surface area contributed by atoms with Gasteiger partial charge in [-0.15, -0.1) is 11.3 Å². The highest BCUT2D eigenvalue weighted by Crippen LogP contribution is 2.40. The number of ether oxygens (including phenoxy) is 1. The van der Waals surface area contributed by atoms with Crippen LogP contribution in [0.15, 0.2) is 33.2 Å². The van der Waals surface area contributed by atoms with Crippen LogP contribution >= 0.6 is 59.1 Å². The Balaban J connectivity index is 2.33. The van der Waals surface area contributed by atoms with E-state index in [4.69, 9.17) is 4.74 Å². The van der Waals surface area contributed by atoms with E-state index in [1.807, 2.05) is 6.07 Å². The average molecular weight is 455 g/mol. The second kappa shape index (κ2) is 6.07. The minimum absolute atomic E-state index is 0.203. The second-order valence-electron chi connectivity index (χ2n) is 3.81. The van der Waals surface area contributed by atoms with Crippen LogP contribution in [0.2, 0.25) is 0 Å². The Bertz CT molecular complexity index is 546. The normalized spacial score (nSPS) is 12.5. The quantitative estimate of drug-likeness (QED) is 0.511. The molecule has 2 aromatic rings. The fourth-order valence-corrected chi connectivity index (χ4v) is 4.43. The van der Waals surface area contributed by atoms with Gasteiger partial charge in [0.1, 0.15) is 5.75 Å². The van der Waals surface area contributed by atoms with Crippen LogP contribution in [0.3, 0.4) is 0 Å². The van der Waals surface area contributed by atoms with E-state index in [2.05, 4.69) is 72.9 Å². The van der Waals surface area contributed by atoms with Gasteiger partial charge >= 0.3 is 0 Å². The summed E-state index contributed by atoms with van der Waals surface area (Å²) in [4.78, 5) is 2.79. The molecule has 0 amide bonds. The lowest BCUT2D eigenvalue weighted by molar-refractivity contribution is 0.412. The molecule has 1 heterocycles. The van der Waals surface area contributed by atoms with Crippen molar-refractivity contribution in [1.82, 2.24) is 0 Å². The summed E-state index contributed by atoms with van der Waals surface area (Å²) in [5.41, 5.74) is 1.21. The predicted molar refractivity (Wildman–Crippen MR) is 88.2 cm³/mol. The van der Waals surface area contributed by atoms with Crippen molar-refractivity contribution in [3.63, 3.8) is 0 Å². The van der Waals surface area contributed by atoms with Crippen molar-refractivity contribution in [2.75, 3.05) is 7.11 Å². The summed E-state index contributed by atoms with van der Waals surface area (Å²) in [6.45, 7) is 2.11. The summed E-state index contributed by atoms with van der Waals surface area (Å²) >= 11 is 12.6. The van der Waals surface area contributed by atoms with Crippen LogP contribution in [-0.2, 0) is 0 Å². The Labute approximate surface area is 136 Å². The molecular weight excluding hydrogens is 444 g/mol. The third-order valence-electron chi connectivity index (χ3n) is 2.59. The SMILES string of the molecule is COc1ccc(C(Br)c2cc(Br)c(C)s2)cc1Br. The molecule has 0 aliphatic rings. The molecule has 18 heavy (non-hydrogen) atoms. The van der Waals surface area contributed by atoms with Gasteiger partial charge in [-0.3, -0.25) is 0 Å². The highest BCUT2D eigenvalue weighted by molar-refractivity contribution is 9.11. The van der Waals surface area contributed by atoms with Crippen molar-refractivity contribution in [3.8, 4) is 5.75 Å². The lowest BCUT2D eigenvalue weighted by atomic mass is 10.1. The van der Waals surface area contributed by atoms with Crippen LogP contribution in [-0.4, -0.2) is 7.11 Å². The molecule has 1 nitrogen and oxygen atoms in total. The van der Waals surface area contributed by atoms with E-state index in [1.165, 1.54) is 19.8 Å². The van der Waals surface area contributed by atoms with Gasteiger partial charge in [-0.25, -0.2) is 0 Å². The zero-order valence-electron chi connectivity index (χ0n) is 9.84. The average Bonchev–Trinajstić information content (AvgIpc) is 2.68. The summed E-state index contributed by atoms with van der Waals surface area (Å²) < 4.78 is 7.38. The molecule has 0 saturated heterocycles. The van der Waals surface area contributed by atoms with Gasteiger partial charge in [-0.2, -0.15) is 0 Å². The van der Waals surface area contributed by atoms with Crippen LogP contribution in [0.5, 0.6) is 5.75 Å². The van der Waals surface area contributed by atoms with Crippen LogP contribution in [0.25, 0.3) is 0 Å². The third kappa shape index (κ3) is 3.00. The van der Waals surface area contributed by atoms with E-state index in [0.717, 1.165) is 10.2 Å². The number of halogens is 3. The first-order valence-corrected chi connectivity index (χ1v) is 8.58. The number of rotatable bonds is 3. The molecule has 96 valence electrons. The monoisotopic (exact) mass is 452 g/mol. The van der Waals surface area contributed by atoms with Crippen molar-refractivity contribution in [3.05, 3.63) is 48.5 Å². The van der Waals surface area contributed by atoms with E-state index < -0.39 is 0 Å². The van der Waals surface area contributed by atoms with E-state index in [1.54, 1.807) is 18.4 Å². The van der Waals surface area contributed by atoms with Crippen molar-refractivity contribution in [2.24, 2.45) is 0 Å². The van der Waals surface area contributed by atoms with Gasteiger partial charge in [0.2, 0.25) is 0 Å². The molecule has 0 spiro atoms. The van der Waals surface area contributed by atoms with Gasteiger partial charge in [0.05, 0.1) is 16.4 Å². The van der Waals surface area contributed by atoms with Crippen LogP contribution in [0.4, 0.5) is 0 Å². The molecule has 0 radical (unpaired) electrons. The molecule has 5 heteroatoms. The molecule has 0 bridgehead atoms. The van der Waals surface area contributed by atoms with Gasteiger partial charge in [0, 0.05) is 14.2 Å². The Morgan fingerprint density at radius 3 is 2.39 bits per heavy atom. The molecular formula is C13H11Br3OS. The third-order valence-corrected chi connectivity index (χ3v) is 6.74. The van der Waals surface area contributed by atoms with Crippen LogP contribution < -0.4 is 4.74 Å². The maximum absolute atomic E-state index is 5.24. The Morgan fingerprint density at radius 2 is 1.89 bits per heavy atom. The van der Waals surface area contributed by atoms with Crippen molar-refractivity contribution >= 4 is 59.1 Å². The molecule has 0 fully saturated rings. The Morgan fingerprint density at radius 1 is 1.17 bits per heavy atom. The highest BCUT2D eigenvalue weighted by Gasteiger charge is 2.15. The molecule has 1 aromatic heterocycles. The molecule has 1 unspecified atom stereocenters. The number of benzene rings is 1. The van der Waals surface area contributed by atoms with Gasteiger partial charge < -0.3 is 4.74 Å². The van der Waals surface area contributed by atoms with Crippen molar-refractivity contribution in [1.29, 1.82) is 0 Å². The second-order valence-corrected chi connectivity index (χ2v) is 7.72. The molecule has 2 rings (SSSR count). The maximum Gasteiger partial charge on any atom is 0.133 e. The van der Waals surface area contributed by atoms with Gasteiger partial charge in [0.15, 0.2) is 0 Å². The predicted octanol–water partition coefficient (Wildman–Crippen LogP) is 6.07. The summed E-state index contributed by atoms with van der Waals surface area (Å²) in [6, 6.07) is 8.30. The number of alkyl halides is 1. The Hall–Kier alpha value is 0.160. The largest absolute Gasteiger partial charge is 0.496 e. The number of aryl methyl sites for hydroxylation is 1. The first-order chi connectivity index (χ1) is 8.52. The lowest BCUT2D eigenvalue weighted by Gasteiger charge is -2.10. The zero-order chi connectivity index (χ0) is 13.3. The molecule has 1 atom stereocenters. The smallest absolute Gasteiger partial charge is 0.133 e. The number of hydrogen-bond donors (Lipinski definition) is 0. The summed E-state index contributed by atoms with van der Waals surface area (Å²) in [7, 11) is 1.67. The van der Waals surface area contributed by atoms with E-state index in [0.29, 0.717) is 0 Å². The molecule has 0 saturated carbocycles. The Kier molecular flexibility index (Phi) is 4.92. The first-order valence-electron chi connectivity index (χ1n) is 5.26. The highest BCUT2D eigenvalue weighted by atomic mass is 79.9. The lowest BCUT2D eigenvalue weighted by Crippen LogP contribution is -1.91. The molecule has 0 N–H and O–H groups in total. The van der Waals surface area contributed by atoms with E-state index >= 15 is 0 Å². The fourth-order valence-electron chi connectivity index (χ4n) is 1.61. The standard InChI is InChI=1S/C13H11Br3OS/c1-7-9(14)6-12(18-7)13(16)8-3-4-11(17-2)10(15)5-8/h3-6,13H,1-2H3. The van der Waals surface area contributed by atoms with Crippen LogP contribution in [0.1, 0.15) is 20.1 Å². The van der Waals surface area contributed by atoms with E-state index in [9.17, 15) is 0 Å². The first kappa shape index (κ1) is 14.6. The number of methoxy groups -OCH3 is 1. The summed E-state index contributed by atoms with van der Waals surface area (Å²) in [5, 5.41) is 0. The molecule has 0 aliphatic carbocycles. The van der Waals surface area contributed by atoms with Crippen molar-refractivity contribution < 1.29 is 4.74 Å². The summed E-state index contributed by atoms with van der Waals surface area (Å²) in [6.07, 6.45) is 0. The van der Waals surface area contributed by atoms with Gasteiger partial charge in [0.25, 0.3) is 0 Å². The molecule has 1 aromatic carbocycles. The number of thiophene rings is 1.